The predicted molar refractivity (Wildman–Crippen MR) is 96.1 cm³/mol. The minimum Gasteiger partial charge on any atom is -0.350 e. The van der Waals surface area contributed by atoms with Crippen molar-refractivity contribution in [3.8, 4) is 0 Å². The van der Waals surface area contributed by atoms with E-state index in [0.29, 0.717) is 16.8 Å². The molecule has 128 valence electrons. The zero-order valence-electron chi connectivity index (χ0n) is 14.7. The maximum Gasteiger partial charge on any atom is 0.266 e. The van der Waals surface area contributed by atoms with E-state index in [-0.39, 0.29) is 23.4 Å². The number of anilines is 1. The molecule has 2 aromatic rings. The Bertz CT molecular complexity index is 900. The fraction of sp³-hybridized carbons (Fsp3) is 0.250. The fourth-order valence-corrected chi connectivity index (χ4v) is 2.91. The molecule has 0 aliphatic carbocycles. The molecule has 0 atom stereocenters. The van der Waals surface area contributed by atoms with E-state index >= 15 is 0 Å². The lowest BCUT2D eigenvalue weighted by molar-refractivity contribution is 0.0922. The second-order valence-electron chi connectivity index (χ2n) is 6.62. The highest BCUT2D eigenvalue weighted by Crippen LogP contribution is 2.31. The van der Waals surface area contributed by atoms with Gasteiger partial charge in [-0.1, -0.05) is 12.1 Å². The van der Waals surface area contributed by atoms with Gasteiger partial charge in [0.25, 0.3) is 17.7 Å². The summed E-state index contributed by atoms with van der Waals surface area (Å²) in [6, 6.07) is 10.3. The Balaban J connectivity index is 2.02. The van der Waals surface area contributed by atoms with Gasteiger partial charge in [0.2, 0.25) is 0 Å². The van der Waals surface area contributed by atoms with Crippen LogP contribution in [-0.4, -0.2) is 23.8 Å². The van der Waals surface area contributed by atoms with Gasteiger partial charge in [0.15, 0.2) is 0 Å². The molecule has 1 aliphatic rings. The van der Waals surface area contributed by atoms with Crippen LogP contribution < -0.4 is 10.2 Å². The molecule has 0 fully saturated rings. The third kappa shape index (κ3) is 2.93. The summed E-state index contributed by atoms with van der Waals surface area (Å²) in [4.78, 5) is 38.9. The third-order valence-electron chi connectivity index (χ3n) is 4.17. The molecule has 5 heteroatoms. The van der Waals surface area contributed by atoms with E-state index < -0.39 is 5.91 Å². The minimum atomic E-state index is -0.395. The van der Waals surface area contributed by atoms with Gasteiger partial charge in [0, 0.05) is 11.6 Å². The first-order chi connectivity index (χ1) is 11.8. The first kappa shape index (κ1) is 16.9. The molecule has 0 saturated carbocycles. The molecule has 0 spiro atoms. The van der Waals surface area contributed by atoms with Crippen molar-refractivity contribution >= 4 is 23.4 Å². The van der Waals surface area contributed by atoms with E-state index in [4.69, 9.17) is 0 Å². The maximum absolute atomic E-state index is 12.8. The molecule has 5 nitrogen and oxygen atoms in total. The van der Waals surface area contributed by atoms with Crippen molar-refractivity contribution in [1.29, 1.82) is 0 Å². The minimum absolute atomic E-state index is 0.00969. The molecule has 1 aliphatic heterocycles. The highest BCUT2D eigenvalue weighted by molar-refractivity contribution is 6.35. The molecule has 0 saturated heterocycles. The first-order valence-electron chi connectivity index (χ1n) is 8.20. The van der Waals surface area contributed by atoms with E-state index in [0.717, 1.165) is 11.1 Å². The largest absolute Gasteiger partial charge is 0.350 e. The monoisotopic (exact) mass is 336 g/mol. The SMILES string of the molecule is Cc1ccc(C)c(N2C(=O)c3ccc(C(=O)NC(C)C)cc3C2=O)c1. The smallest absolute Gasteiger partial charge is 0.266 e. The molecule has 3 rings (SSSR count). The van der Waals surface area contributed by atoms with Gasteiger partial charge in [-0.3, -0.25) is 14.4 Å². The Morgan fingerprint density at radius 2 is 1.64 bits per heavy atom. The lowest BCUT2D eigenvalue weighted by atomic mass is 10.1. The number of carbonyl (C=O) groups excluding carboxylic acids is 3. The third-order valence-corrected chi connectivity index (χ3v) is 4.17. The molecule has 0 unspecified atom stereocenters. The van der Waals surface area contributed by atoms with Crippen LogP contribution >= 0.6 is 0 Å². The molecule has 2 aromatic carbocycles. The van der Waals surface area contributed by atoms with Crippen molar-refractivity contribution in [2.24, 2.45) is 0 Å². The molecular weight excluding hydrogens is 316 g/mol. The first-order valence-corrected chi connectivity index (χ1v) is 8.20. The zero-order valence-corrected chi connectivity index (χ0v) is 14.7. The summed E-state index contributed by atoms with van der Waals surface area (Å²) in [6.07, 6.45) is 0. The average molecular weight is 336 g/mol. The summed E-state index contributed by atoms with van der Waals surface area (Å²) < 4.78 is 0. The predicted octanol–water partition coefficient (Wildman–Crippen LogP) is 3.24. The van der Waals surface area contributed by atoms with Gasteiger partial charge in [-0.2, -0.15) is 0 Å². The maximum atomic E-state index is 12.8. The van der Waals surface area contributed by atoms with Crippen molar-refractivity contribution in [2.75, 3.05) is 4.90 Å². The van der Waals surface area contributed by atoms with Crippen LogP contribution in [0.1, 0.15) is 56.0 Å². The summed E-state index contributed by atoms with van der Waals surface area (Å²) in [5.41, 5.74) is 3.36. The Hall–Kier alpha value is -2.95. The van der Waals surface area contributed by atoms with Crippen molar-refractivity contribution in [3.63, 3.8) is 0 Å². The number of fused-ring (bicyclic) bond motifs is 1. The number of carbonyl (C=O) groups is 3. The van der Waals surface area contributed by atoms with Crippen LogP contribution in [0.25, 0.3) is 0 Å². The lowest BCUT2D eigenvalue weighted by Crippen LogP contribution is -2.30. The number of benzene rings is 2. The molecular formula is C20H20N2O3. The van der Waals surface area contributed by atoms with Crippen molar-refractivity contribution < 1.29 is 14.4 Å². The lowest BCUT2D eigenvalue weighted by Gasteiger charge is -2.17. The topological polar surface area (TPSA) is 66.5 Å². The van der Waals surface area contributed by atoms with E-state index in [2.05, 4.69) is 5.32 Å². The molecule has 1 N–H and O–H groups in total. The summed E-state index contributed by atoms with van der Waals surface area (Å²) >= 11 is 0. The standard InChI is InChI=1S/C20H20N2O3/c1-11(2)21-18(23)14-7-8-15-16(10-14)20(25)22(19(15)24)17-9-12(3)5-6-13(17)4/h5-11H,1-4H3,(H,21,23). The van der Waals surface area contributed by atoms with Gasteiger partial charge >= 0.3 is 0 Å². The fourth-order valence-electron chi connectivity index (χ4n) is 2.91. The number of aryl methyl sites for hydroxylation is 2. The van der Waals surface area contributed by atoms with Crippen molar-refractivity contribution in [3.05, 3.63) is 64.2 Å². The highest BCUT2D eigenvalue weighted by Gasteiger charge is 2.37. The van der Waals surface area contributed by atoms with Gasteiger partial charge < -0.3 is 5.32 Å². The number of hydrogen-bond donors (Lipinski definition) is 1. The van der Waals surface area contributed by atoms with E-state index in [9.17, 15) is 14.4 Å². The van der Waals surface area contributed by atoms with Crippen LogP contribution in [0, 0.1) is 13.8 Å². The molecule has 1 heterocycles. The molecule has 0 bridgehead atoms. The van der Waals surface area contributed by atoms with E-state index in [1.807, 2.05) is 45.9 Å². The number of hydrogen-bond acceptors (Lipinski definition) is 3. The van der Waals surface area contributed by atoms with Gasteiger partial charge in [0.05, 0.1) is 16.8 Å². The van der Waals surface area contributed by atoms with E-state index in [1.54, 1.807) is 12.1 Å². The van der Waals surface area contributed by atoms with E-state index in [1.165, 1.54) is 11.0 Å². The van der Waals surface area contributed by atoms with Crippen LogP contribution in [0.15, 0.2) is 36.4 Å². The molecule has 3 amide bonds. The summed E-state index contributed by atoms with van der Waals surface area (Å²) in [5.74, 6) is -1.01. The number of amides is 3. The quantitative estimate of drug-likeness (QED) is 0.875. The average Bonchev–Trinajstić information content (AvgIpc) is 2.80. The highest BCUT2D eigenvalue weighted by atomic mass is 16.2. The second kappa shape index (κ2) is 6.16. The van der Waals surface area contributed by atoms with Crippen LogP contribution in [0.3, 0.4) is 0 Å². The van der Waals surface area contributed by atoms with Crippen LogP contribution in [-0.2, 0) is 0 Å². The Morgan fingerprint density at radius 1 is 0.960 bits per heavy atom. The zero-order chi connectivity index (χ0) is 18.3. The van der Waals surface area contributed by atoms with Gasteiger partial charge in [-0.25, -0.2) is 4.90 Å². The summed E-state index contributed by atoms with van der Waals surface area (Å²) in [6.45, 7) is 7.50. The van der Waals surface area contributed by atoms with Gasteiger partial charge in [-0.05, 0) is 63.1 Å². The molecule has 0 aromatic heterocycles. The van der Waals surface area contributed by atoms with Crippen LogP contribution in [0.5, 0.6) is 0 Å². The van der Waals surface area contributed by atoms with Crippen molar-refractivity contribution in [1.82, 2.24) is 5.32 Å². The number of rotatable bonds is 3. The Labute approximate surface area is 146 Å². The molecule has 25 heavy (non-hydrogen) atoms. The van der Waals surface area contributed by atoms with Gasteiger partial charge in [-0.15, -0.1) is 0 Å². The number of imide groups is 1. The van der Waals surface area contributed by atoms with Crippen LogP contribution in [0.4, 0.5) is 5.69 Å². The second-order valence-corrected chi connectivity index (χ2v) is 6.62. The number of nitrogens with zero attached hydrogens (tertiary/aromatic N) is 1. The Morgan fingerprint density at radius 3 is 2.32 bits per heavy atom. The summed E-state index contributed by atoms with van der Waals surface area (Å²) in [5, 5.41) is 2.79. The Kier molecular flexibility index (Phi) is 4.17. The number of nitrogens with one attached hydrogen (secondary N) is 1. The van der Waals surface area contributed by atoms with Crippen LogP contribution in [0.2, 0.25) is 0 Å². The normalized spacial score (nSPS) is 13.4. The van der Waals surface area contributed by atoms with Crippen molar-refractivity contribution in [2.45, 2.75) is 33.7 Å². The summed E-state index contributed by atoms with van der Waals surface area (Å²) in [7, 11) is 0. The molecule has 0 radical (unpaired) electrons. The van der Waals surface area contributed by atoms with Gasteiger partial charge in [0.1, 0.15) is 0 Å².